The molecule has 0 spiro atoms. The number of rotatable bonds is 5. The molecule has 0 atom stereocenters. The van der Waals surface area contributed by atoms with Crippen molar-refractivity contribution in [1.82, 2.24) is 0 Å². The van der Waals surface area contributed by atoms with Gasteiger partial charge in [-0.05, 0) is 37.1 Å². The Balaban J connectivity index is 3.02. The third-order valence-corrected chi connectivity index (χ3v) is 3.80. The van der Waals surface area contributed by atoms with Crippen LogP contribution >= 0.6 is 0 Å². The Labute approximate surface area is 124 Å². The SMILES string of the molecule is C/C=C\C(C)(C)/C(=C/C/C=c1/cccc/c1=C/C)CC. The average Bonchev–Trinajstić information content (AvgIpc) is 2.43. The lowest BCUT2D eigenvalue weighted by Crippen LogP contribution is -2.22. The molecule has 108 valence electrons. The molecule has 0 amide bonds. The van der Waals surface area contributed by atoms with Crippen LogP contribution < -0.4 is 10.4 Å². The fraction of sp³-hybridized carbons (Fsp3) is 0.400. The molecule has 0 heterocycles. The van der Waals surface area contributed by atoms with E-state index < -0.39 is 0 Å². The van der Waals surface area contributed by atoms with Crippen molar-refractivity contribution in [3.63, 3.8) is 0 Å². The molecule has 0 nitrogen and oxygen atoms in total. The summed E-state index contributed by atoms with van der Waals surface area (Å²) in [7, 11) is 0. The molecule has 1 aromatic carbocycles. The van der Waals surface area contributed by atoms with Crippen LogP contribution in [0.3, 0.4) is 0 Å². The first-order valence-corrected chi connectivity index (χ1v) is 7.60. The zero-order valence-electron chi connectivity index (χ0n) is 13.6. The van der Waals surface area contributed by atoms with E-state index in [2.05, 4.69) is 89.3 Å². The molecule has 0 saturated heterocycles. The summed E-state index contributed by atoms with van der Waals surface area (Å²) in [4.78, 5) is 0. The van der Waals surface area contributed by atoms with Crippen molar-refractivity contribution in [3.05, 3.63) is 58.5 Å². The molecule has 20 heavy (non-hydrogen) atoms. The minimum atomic E-state index is 0.160. The summed E-state index contributed by atoms with van der Waals surface area (Å²) in [6.45, 7) is 11.0. The minimum absolute atomic E-state index is 0.160. The fourth-order valence-electron chi connectivity index (χ4n) is 2.67. The molecule has 0 aliphatic rings. The van der Waals surface area contributed by atoms with E-state index >= 15 is 0 Å². The second kappa shape index (κ2) is 7.89. The predicted octanol–water partition coefficient (Wildman–Crippen LogP) is 4.60. The number of benzene rings is 1. The topological polar surface area (TPSA) is 0 Å². The van der Waals surface area contributed by atoms with Crippen molar-refractivity contribution in [2.24, 2.45) is 5.41 Å². The lowest BCUT2D eigenvalue weighted by molar-refractivity contribution is 0.556. The van der Waals surface area contributed by atoms with E-state index in [9.17, 15) is 0 Å². The smallest absolute Gasteiger partial charge is 0.00341 e. The van der Waals surface area contributed by atoms with Crippen molar-refractivity contribution >= 4 is 12.2 Å². The van der Waals surface area contributed by atoms with Crippen LogP contribution in [0.4, 0.5) is 0 Å². The molecule has 1 rings (SSSR count). The highest BCUT2D eigenvalue weighted by molar-refractivity contribution is 5.33. The molecule has 0 heteroatoms. The monoisotopic (exact) mass is 268 g/mol. The van der Waals surface area contributed by atoms with Crippen LogP contribution in [-0.4, -0.2) is 0 Å². The maximum absolute atomic E-state index is 2.38. The highest BCUT2D eigenvalue weighted by Gasteiger charge is 2.17. The zero-order chi connectivity index (χ0) is 15.0. The molecule has 0 aliphatic carbocycles. The summed E-state index contributed by atoms with van der Waals surface area (Å²) in [5.74, 6) is 0. The second-order valence-electron chi connectivity index (χ2n) is 5.66. The molecule has 1 aromatic rings. The number of hydrogen-bond donors (Lipinski definition) is 0. The predicted molar refractivity (Wildman–Crippen MR) is 91.9 cm³/mol. The van der Waals surface area contributed by atoms with E-state index in [0.29, 0.717) is 0 Å². The highest BCUT2D eigenvalue weighted by Crippen LogP contribution is 2.30. The van der Waals surface area contributed by atoms with Crippen molar-refractivity contribution < 1.29 is 0 Å². The molecule has 0 aliphatic heterocycles. The summed E-state index contributed by atoms with van der Waals surface area (Å²) in [6, 6.07) is 8.55. The summed E-state index contributed by atoms with van der Waals surface area (Å²) in [6.07, 6.45) is 13.4. The standard InChI is InChI=1S/C20H28/c1-6-16-20(4,5)19(8-3)15-11-14-18-13-10-9-12-17(18)7-2/h6-7,9-10,12-16H,8,11H2,1-5H3/b16-6-,17-7-,18-14-,19-15+. The van der Waals surface area contributed by atoms with Crippen LogP contribution in [0.1, 0.15) is 47.5 Å². The Morgan fingerprint density at radius 3 is 2.30 bits per heavy atom. The van der Waals surface area contributed by atoms with Crippen molar-refractivity contribution in [2.75, 3.05) is 0 Å². The van der Waals surface area contributed by atoms with Crippen LogP contribution in [0, 0.1) is 5.41 Å². The lowest BCUT2D eigenvalue weighted by Gasteiger charge is -2.23. The second-order valence-corrected chi connectivity index (χ2v) is 5.66. The van der Waals surface area contributed by atoms with Crippen LogP contribution in [-0.2, 0) is 0 Å². The average molecular weight is 268 g/mol. The van der Waals surface area contributed by atoms with Gasteiger partial charge >= 0.3 is 0 Å². The van der Waals surface area contributed by atoms with Gasteiger partial charge in [0.25, 0.3) is 0 Å². The molecule has 0 aromatic heterocycles. The Morgan fingerprint density at radius 1 is 1.10 bits per heavy atom. The van der Waals surface area contributed by atoms with Crippen LogP contribution in [0.25, 0.3) is 12.2 Å². The normalized spacial score (nSPS) is 15.3. The maximum Gasteiger partial charge on any atom is 0.00341 e. The van der Waals surface area contributed by atoms with Crippen LogP contribution in [0.2, 0.25) is 0 Å². The molecule has 0 saturated carbocycles. The van der Waals surface area contributed by atoms with E-state index in [1.54, 1.807) is 0 Å². The molecular formula is C20H28. The quantitative estimate of drug-likeness (QED) is 0.685. The summed E-state index contributed by atoms with van der Waals surface area (Å²) < 4.78 is 0. The van der Waals surface area contributed by atoms with Crippen molar-refractivity contribution in [3.8, 4) is 0 Å². The van der Waals surface area contributed by atoms with E-state index in [0.717, 1.165) is 12.8 Å². The lowest BCUT2D eigenvalue weighted by atomic mass is 9.82. The number of hydrogen-bond acceptors (Lipinski definition) is 0. The first kappa shape index (κ1) is 16.5. The van der Waals surface area contributed by atoms with Gasteiger partial charge in [-0.15, -0.1) is 0 Å². The van der Waals surface area contributed by atoms with Gasteiger partial charge in [0.1, 0.15) is 0 Å². The van der Waals surface area contributed by atoms with Gasteiger partial charge in [-0.1, -0.05) is 81.0 Å². The first-order valence-electron chi connectivity index (χ1n) is 7.60. The van der Waals surface area contributed by atoms with E-state index in [1.165, 1.54) is 16.0 Å². The van der Waals surface area contributed by atoms with Crippen LogP contribution in [0.15, 0.2) is 48.1 Å². The summed E-state index contributed by atoms with van der Waals surface area (Å²) >= 11 is 0. The molecule has 0 bridgehead atoms. The zero-order valence-corrected chi connectivity index (χ0v) is 13.6. The van der Waals surface area contributed by atoms with E-state index in [-0.39, 0.29) is 5.41 Å². The third-order valence-electron chi connectivity index (χ3n) is 3.80. The van der Waals surface area contributed by atoms with Gasteiger partial charge in [-0.25, -0.2) is 0 Å². The molecule has 0 N–H and O–H groups in total. The van der Waals surface area contributed by atoms with Gasteiger partial charge in [0.15, 0.2) is 0 Å². The maximum atomic E-state index is 2.38. The first-order chi connectivity index (χ1) is 9.55. The van der Waals surface area contributed by atoms with Gasteiger partial charge < -0.3 is 0 Å². The van der Waals surface area contributed by atoms with Crippen LogP contribution in [0.5, 0.6) is 0 Å². The van der Waals surface area contributed by atoms with Crippen molar-refractivity contribution in [1.29, 1.82) is 0 Å². The van der Waals surface area contributed by atoms with Crippen molar-refractivity contribution in [2.45, 2.75) is 47.5 Å². The Kier molecular flexibility index (Phi) is 6.51. The highest BCUT2D eigenvalue weighted by atomic mass is 14.2. The van der Waals surface area contributed by atoms with Gasteiger partial charge in [0, 0.05) is 5.41 Å². The third kappa shape index (κ3) is 4.52. The van der Waals surface area contributed by atoms with Gasteiger partial charge in [-0.2, -0.15) is 0 Å². The van der Waals surface area contributed by atoms with E-state index in [4.69, 9.17) is 0 Å². The van der Waals surface area contributed by atoms with Gasteiger partial charge in [0.05, 0.1) is 0 Å². The summed E-state index contributed by atoms with van der Waals surface area (Å²) in [5, 5.41) is 2.64. The van der Waals surface area contributed by atoms with E-state index in [1.807, 2.05) is 0 Å². The molecular weight excluding hydrogens is 240 g/mol. The Bertz CT molecular complexity index is 583. The minimum Gasteiger partial charge on any atom is -0.0908 e. The Hall–Kier alpha value is -1.56. The molecule has 0 radical (unpaired) electrons. The van der Waals surface area contributed by atoms with Gasteiger partial charge in [0.2, 0.25) is 0 Å². The molecule has 0 fully saturated rings. The number of allylic oxidation sites excluding steroid dienone is 4. The Morgan fingerprint density at radius 2 is 1.75 bits per heavy atom. The molecule has 0 unspecified atom stereocenters. The largest absolute Gasteiger partial charge is 0.0908 e. The summed E-state index contributed by atoms with van der Waals surface area (Å²) in [5.41, 5.74) is 1.66. The van der Waals surface area contributed by atoms with Gasteiger partial charge in [-0.3, -0.25) is 0 Å². The fourth-order valence-corrected chi connectivity index (χ4v) is 2.67.